The minimum absolute atomic E-state index is 0.982. The first-order valence-corrected chi connectivity index (χ1v) is 7.16. The first-order valence-electron chi connectivity index (χ1n) is 6.17. The molecule has 0 aromatic carbocycles. The molecule has 0 spiro atoms. The average molecular weight is 257 g/mol. The molecule has 0 fully saturated rings. The summed E-state index contributed by atoms with van der Waals surface area (Å²) in [6.45, 7) is 9.86. The first-order chi connectivity index (χ1) is 8.27. The van der Waals surface area contributed by atoms with Crippen LogP contribution in [0.5, 0.6) is 0 Å². The molecule has 17 heavy (non-hydrogen) atoms. The summed E-state index contributed by atoms with van der Waals surface area (Å²) in [4.78, 5) is 6.59. The highest BCUT2D eigenvalue weighted by molar-refractivity contribution is 7.99. The second-order valence-electron chi connectivity index (χ2n) is 3.79. The van der Waals surface area contributed by atoms with Crippen molar-refractivity contribution in [3.05, 3.63) is 6.33 Å². The van der Waals surface area contributed by atoms with Gasteiger partial charge in [0.05, 0.1) is 0 Å². The number of likely N-dealkylation sites (N-methyl/N-ethyl adjacent to an activating group) is 1. The summed E-state index contributed by atoms with van der Waals surface area (Å²) in [5, 5.41) is 8.46. The highest BCUT2D eigenvalue weighted by atomic mass is 32.2. The predicted molar refractivity (Wildman–Crippen MR) is 72.4 cm³/mol. The van der Waals surface area contributed by atoms with Gasteiger partial charge in [0.1, 0.15) is 6.33 Å². The Morgan fingerprint density at radius 1 is 1.35 bits per heavy atom. The smallest absolute Gasteiger partial charge is 0.185 e. The van der Waals surface area contributed by atoms with Gasteiger partial charge in [-0.05, 0) is 13.1 Å². The highest BCUT2D eigenvalue weighted by Gasteiger charge is 2.00. The minimum atomic E-state index is 0.982. The van der Waals surface area contributed by atoms with E-state index >= 15 is 0 Å². The average Bonchev–Trinajstić information content (AvgIpc) is 2.74. The molecular weight excluding hydrogens is 234 g/mol. The number of hydrogen-bond donors (Lipinski definition) is 1. The summed E-state index contributed by atoms with van der Waals surface area (Å²) in [6.07, 6.45) is 1.59. The standard InChI is InChI=1S/C11H23N5S/c1-4-16(5-2)8-6-12-7-9-17-11-13-10-14-15(11)3/h10,12H,4-9H2,1-3H3. The van der Waals surface area contributed by atoms with Crippen molar-refractivity contribution in [3.63, 3.8) is 0 Å². The lowest BCUT2D eigenvalue weighted by Crippen LogP contribution is -2.32. The van der Waals surface area contributed by atoms with E-state index in [2.05, 4.69) is 34.1 Å². The molecule has 5 nitrogen and oxygen atoms in total. The molecule has 0 amide bonds. The topological polar surface area (TPSA) is 46.0 Å². The van der Waals surface area contributed by atoms with Gasteiger partial charge in [0, 0.05) is 32.4 Å². The molecule has 0 saturated heterocycles. The zero-order chi connectivity index (χ0) is 12.5. The van der Waals surface area contributed by atoms with Crippen molar-refractivity contribution in [1.82, 2.24) is 25.0 Å². The van der Waals surface area contributed by atoms with Crippen LogP contribution in [0.4, 0.5) is 0 Å². The summed E-state index contributed by atoms with van der Waals surface area (Å²) in [5.74, 6) is 1.03. The van der Waals surface area contributed by atoms with Gasteiger partial charge in [0.25, 0.3) is 0 Å². The number of rotatable bonds is 9. The number of hydrogen-bond acceptors (Lipinski definition) is 5. The Bertz CT molecular complexity index is 298. The van der Waals surface area contributed by atoms with Gasteiger partial charge in [-0.3, -0.25) is 0 Å². The summed E-state index contributed by atoms with van der Waals surface area (Å²) in [5.41, 5.74) is 0. The first kappa shape index (κ1) is 14.5. The third kappa shape index (κ3) is 5.52. The Balaban J connectivity index is 2.00. The maximum absolute atomic E-state index is 4.17. The molecule has 1 N–H and O–H groups in total. The lowest BCUT2D eigenvalue weighted by atomic mass is 10.4. The van der Waals surface area contributed by atoms with E-state index in [1.54, 1.807) is 22.8 Å². The molecule has 1 aromatic rings. The Hall–Kier alpha value is -0.590. The molecule has 1 aromatic heterocycles. The lowest BCUT2D eigenvalue weighted by molar-refractivity contribution is 0.303. The van der Waals surface area contributed by atoms with Gasteiger partial charge < -0.3 is 10.2 Å². The second kappa shape index (κ2) is 8.49. The molecule has 6 heteroatoms. The third-order valence-corrected chi connectivity index (χ3v) is 3.72. The van der Waals surface area contributed by atoms with Crippen molar-refractivity contribution < 1.29 is 0 Å². The maximum atomic E-state index is 4.17. The zero-order valence-corrected chi connectivity index (χ0v) is 11.8. The van der Waals surface area contributed by atoms with Crippen molar-refractivity contribution in [2.24, 2.45) is 7.05 Å². The van der Waals surface area contributed by atoms with Gasteiger partial charge in [-0.1, -0.05) is 25.6 Å². The van der Waals surface area contributed by atoms with Gasteiger partial charge in [-0.25, -0.2) is 9.67 Å². The van der Waals surface area contributed by atoms with Crippen LogP contribution in [0, 0.1) is 0 Å². The summed E-state index contributed by atoms with van der Waals surface area (Å²) >= 11 is 1.74. The number of aryl methyl sites for hydroxylation is 1. The van der Waals surface area contributed by atoms with E-state index < -0.39 is 0 Å². The molecule has 0 aliphatic carbocycles. The Kier molecular flexibility index (Phi) is 7.23. The van der Waals surface area contributed by atoms with Crippen LogP contribution in [0.1, 0.15) is 13.8 Å². The second-order valence-corrected chi connectivity index (χ2v) is 4.85. The van der Waals surface area contributed by atoms with Gasteiger partial charge in [0.2, 0.25) is 0 Å². The molecule has 0 unspecified atom stereocenters. The van der Waals surface area contributed by atoms with Crippen molar-refractivity contribution in [2.75, 3.05) is 38.5 Å². The van der Waals surface area contributed by atoms with Crippen molar-refractivity contribution in [1.29, 1.82) is 0 Å². The van der Waals surface area contributed by atoms with Crippen LogP contribution in [0.2, 0.25) is 0 Å². The number of nitrogens with zero attached hydrogens (tertiary/aromatic N) is 4. The van der Waals surface area contributed by atoms with Crippen molar-refractivity contribution >= 4 is 11.8 Å². The number of nitrogens with one attached hydrogen (secondary N) is 1. The molecule has 0 aliphatic rings. The predicted octanol–water partition coefficient (Wildman–Crippen LogP) is 0.839. The van der Waals surface area contributed by atoms with Crippen molar-refractivity contribution in [3.8, 4) is 0 Å². The fraction of sp³-hybridized carbons (Fsp3) is 0.818. The molecular formula is C11H23N5S. The molecule has 0 atom stereocenters. The summed E-state index contributed by atoms with van der Waals surface area (Å²) < 4.78 is 1.81. The van der Waals surface area contributed by atoms with Crippen LogP contribution in [0.3, 0.4) is 0 Å². The van der Waals surface area contributed by atoms with Crippen LogP contribution >= 0.6 is 11.8 Å². The van der Waals surface area contributed by atoms with Gasteiger partial charge in [-0.2, -0.15) is 5.10 Å². The van der Waals surface area contributed by atoms with E-state index in [0.29, 0.717) is 0 Å². The quantitative estimate of drug-likeness (QED) is 0.525. The molecule has 1 rings (SSSR count). The Labute approximate surface area is 108 Å². The molecule has 0 bridgehead atoms. The van der Waals surface area contributed by atoms with E-state index in [1.807, 2.05) is 7.05 Å². The fourth-order valence-electron chi connectivity index (χ4n) is 1.53. The molecule has 0 radical (unpaired) electrons. The molecule has 0 aliphatic heterocycles. The Morgan fingerprint density at radius 2 is 2.12 bits per heavy atom. The zero-order valence-electron chi connectivity index (χ0n) is 11.0. The van der Waals surface area contributed by atoms with E-state index in [9.17, 15) is 0 Å². The van der Waals surface area contributed by atoms with Crippen LogP contribution in [0.25, 0.3) is 0 Å². The normalized spacial score (nSPS) is 11.3. The molecule has 0 saturated carbocycles. The van der Waals surface area contributed by atoms with Crippen LogP contribution < -0.4 is 5.32 Å². The highest BCUT2D eigenvalue weighted by Crippen LogP contribution is 2.11. The number of aromatic nitrogens is 3. The number of thioether (sulfide) groups is 1. The van der Waals surface area contributed by atoms with Crippen LogP contribution in [-0.4, -0.2) is 58.1 Å². The minimum Gasteiger partial charge on any atom is -0.315 e. The summed E-state index contributed by atoms with van der Waals surface area (Å²) in [6, 6.07) is 0. The fourth-order valence-corrected chi connectivity index (χ4v) is 2.32. The molecule has 1 heterocycles. The maximum Gasteiger partial charge on any atom is 0.185 e. The third-order valence-electron chi connectivity index (χ3n) is 2.68. The van der Waals surface area contributed by atoms with E-state index in [1.165, 1.54) is 0 Å². The largest absolute Gasteiger partial charge is 0.315 e. The lowest BCUT2D eigenvalue weighted by Gasteiger charge is -2.17. The van der Waals surface area contributed by atoms with Crippen molar-refractivity contribution in [2.45, 2.75) is 19.0 Å². The molecule has 98 valence electrons. The summed E-state index contributed by atoms with van der Waals surface area (Å²) in [7, 11) is 1.92. The van der Waals surface area contributed by atoms with E-state index in [-0.39, 0.29) is 0 Å². The van der Waals surface area contributed by atoms with Gasteiger partial charge in [-0.15, -0.1) is 0 Å². The Morgan fingerprint density at radius 3 is 2.71 bits per heavy atom. The van der Waals surface area contributed by atoms with Crippen LogP contribution in [-0.2, 0) is 7.05 Å². The van der Waals surface area contributed by atoms with Gasteiger partial charge in [0.15, 0.2) is 5.16 Å². The SMILES string of the molecule is CCN(CC)CCNCCSc1ncnn1C. The van der Waals surface area contributed by atoms with Crippen LogP contribution in [0.15, 0.2) is 11.5 Å². The van der Waals surface area contributed by atoms with Gasteiger partial charge >= 0.3 is 0 Å². The monoisotopic (exact) mass is 257 g/mol. The van der Waals surface area contributed by atoms with E-state index in [0.717, 1.165) is 43.6 Å². The van der Waals surface area contributed by atoms with E-state index in [4.69, 9.17) is 0 Å².